The number of hydrogen-bond acceptors (Lipinski definition) is 3. The molecule has 5 heteroatoms. The molecule has 0 aliphatic carbocycles. The van der Waals surface area contributed by atoms with Crippen molar-refractivity contribution < 1.29 is 9.90 Å². The molecule has 0 bridgehead atoms. The largest absolute Gasteiger partial charge is 0.480 e. The highest BCUT2D eigenvalue weighted by Gasteiger charge is 2.20. The molecule has 0 saturated heterocycles. The van der Waals surface area contributed by atoms with E-state index in [1.807, 2.05) is 25.3 Å². The van der Waals surface area contributed by atoms with Crippen LogP contribution in [0, 0.1) is 5.92 Å². The minimum Gasteiger partial charge on any atom is -0.480 e. The summed E-state index contributed by atoms with van der Waals surface area (Å²) in [6.07, 6.45) is 0. The van der Waals surface area contributed by atoms with Crippen LogP contribution in [0.3, 0.4) is 0 Å². The van der Waals surface area contributed by atoms with Crippen LogP contribution in [0.4, 0.5) is 0 Å². The summed E-state index contributed by atoms with van der Waals surface area (Å²) >= 11 is 7.36. The third-order valence-corrected chi connectivity index (χ3v) is 3.39. The van der Waals surface area contributed by atoms with E-state index >= 15 is 0 Å². The Morgan fingerprint density at radius 1 is 1.67 bits per heavy atom. The Morgan fingerprint density at radius 2 is 2.33 bits per heavy atom. The van der Waals surface area contributed by atoms with Gasteiger partial charge in [0.1, 0.15) is 6.04 Å². The lowest BCUT2D eigenvalue weighted by Crippen LogP contribution is -2.40. The molecular weight excluding hydrogens is 234 g/mol. The second-order valence-electron chi connectivity index (χ2n) is 3.66. The molecule has 0 saturated carbocycles. The summed E-state index contributed by atoms with van der Waals surface area (Å²) in [6, 6.07) is 1.38. The molecule has 1 aromatic heterocycles. The van der Waals surface area contributed by atoms with Crippen molar-refractivity contribution in [3.8, 4) is 0 Å². The van der Waals surface area contributed by atoms with E-state index < -0.39 is 12.0 Å². The second kappa shape index (κ2) is 5.49. The normalized spacial score (nSPS) is 13.1. The summed E-state index contributed by atoms with van der Waals surface area (Å²) in [7, 11) is 0. The second-order valence-corrected chi connectivity index (χ2v) is 5.18. The van der Waals surface area contributed by atoms with E-state index in [4.69, 9.17) is 16.7 Å². The maximum absolute atomic E-state index is 10.9. The topological polar surface area (TPSA) is 49.3 Å². The Balaban J connectivity index is 2.55. The molecule has 3 nitrogen and oxygen atoms in total. The predicted octanol–water partition coefficient (Wildman–Crippen LogP) is 2.60. The highest BCUT2D eigenvalue weighted by atomic mass is 35.5. The Labute approximate surface area is 98.1 Å². The van der Waals surface area contributed by atoms with Gasteiger partial charge < -0.3 is 5.11 Å². The van der Waals surface area contributed by atoms with Crippen LogP contribution in [-0.2, 0) is 11.3 Å². The monoisotopic (exact) mass is 247 g/mol. The van der Waals surface area contributed by atoms with Crippen molar-refractivity contribution in [1.82, 2.24) is 5.32 Å². The molecule has 0 aliphatic heterocycles. The lowest BCUT2D eigenvalue weighted by molar-refractivity contribution is -0.140. The van der Waals surface area contributed by atoms with Crippen LogP contribution in [0.2, 0.25) is 4.34 Å². The summed E-state index contributed by atoms with van der Waals surface area (Å²) in [5.74, 6) is -0.767. The third kappa shape index (κ3) is 3.48. The Bertz CT molecular complexity index is 338. The molecule has 15 heavy (non-hydrogen) atoms. The van der Waals surface area contributed by atoms with Crippen LogP contribution in [0.5, 0.6) is 0 Å². The predicted molar refractivity (Wildman–Crippen MR) is 62.4 cm³/mol. The van der Waals surface area contributed by atoms with E-state index in [9.17, 15) is 4.79 Å². The first kappa shape index (κ1) is 12.5. The summed E-state index contributed by atoms with van der Waals surface area (Å²) in [4.78, 5) is 10.9. The highest BCUT2D eigenvalue weighted by Crippen LogP contribution is 2.22. The van der Waals surface area contributed by atoms with Gasteiger partial charge in [0.2, 0.25) is 0 Å². The zero-order chi connectivity index (χ0) is 11.4. The lowest BCUT2D eigenvalue weighted by atomic mass is 10.0. The molecule has 0 aromatic carbocycles. The quantitative estimate of drug-likeness (QED) is 0.841. The van der Waals surface area contributed by atoms with E-state index in [1.54, 1.807) is 0 Å². The van der Waals surface area contributed by atoms with Crippen molar-refractivity contribution in [1.29, 1.82) is 0 Å². The number of rotatable bonds is 5. The molecule has 1 aromatic rings. The number of hydrogen-bond donors (Lipinski definition) is 2. The summed E-state index contributed by atoms with van der Waals surface area (Å²) in [6.45, 7) is 4.25. The zero-order valence-corrected chi connectivity index (χ0v) is 10.2. The molecular formula is C10H14ClNO2S. The van der Waals surface area contributed by atoms with Crippen molar-refractivity contribution in [3.05, 3.63) is 21.3 Å². The molecule has 0 spiro atoms. The van der Waals surface area contributed by atoms with E-state index in [-0.39, 0.29) is 5.92 Å². The summed E-state index contributed by atoms with van der Waals surface area (Å²) < 4.78 is 0.718. The van der Waals surface area contributed by atoms with Gasteiger partial charge in [0, 0.05) is 6.54 Å². The minimum atomic E-state index is -0.823. The number of aliphatic carboxylic acids is 1. The molecule has 1 rings (SSSR count). The Kier molecular flexibility index (Phi) is 4.57. The number of nitrogens with one attached hydrogen (secondary N) is 1. The number of carboxylic acids is 1. The van der Waals surface area contributed by atoms with Crippen LogP contribution >= 0.6 is 22.9 Å². The maximum Gasteiger partial charge on any atom is 0.320 e. The molecule has 0 radical (unpaired) electrons. The van der Waals surface area contributed by atoms with Gasteiger partial charge in [-0.1, -0.05) is 25.4 Å². The fourth-order valence-corrected chi connectivity index (χ4v) is 2.20. The fourth-order valence-electron chi connectivity index (χ4n) is 1.27. The first-order valence-electron chi connectivity index (χ1n) is 4.70. The van der Waals surface area contributed by atoms with E-state index in [2.05, 4.69) is 5.32 Å². The minimum absolute atomic E-state index is 0.0555. The lowest BCUT2D eigenvalue weighted by Gasteiger charge is -2.17. The van der Waals surface area contributed by atoms with Crippen LogP contribution in [-0.4, -0.2) is 17.1 Å². The molecule has 84 valence electrons. The Morgan fingerprint density at radius 3 is 2.73 bits per heavy atom. The fraction of sp³-hybridized carbons (Fsp3) is 0.500. The van der Waals surface area contributed by atoms with Gasteiger partial charge in [0.15, 0.2) is 0 Å². The van der Waals surface area contributed by atoms with Crippen LogP contribution in [0.15, 0.2) is 11.4 Å². The van der Waals surface area contributed by atoms with Crippen LogP contribution in [0.25, 0.3) is 0 Å². The van der Waals surface area contributed by atoms with Crippen molar-refractivity contribution in [2.75, 3.05) is 0 Å². The number of carbonyl (C=O) groups is 1. The zero-order valence-electron chi connectivity index (χ0n) is 8.66. The van der Waals surface area contributed by atoms with E-state index in [1.165, 1.54) is 11.3 Å². The molecule has 2 N–H and O–H groups in total. The summed E-state index contributed by atoms with van der Waals surface area (Å²) in [5.41, 5.74) is 0.952. The maximum atomic E-state index is 10.9. The SMILES string of the molecule is CC(C)[C@H](NCc1ccsc1Cl)C(=O)O. The average Bonchev–Trinajstić information content (AvgIpc) is 2.51. The Hall–Kier alpha value is -0.580. The van der Waals surface area contributed by atoms with Crippen LogP contribution < -0.4 is 5.32 Å². The molecule has 0 unspecified atom stereocenters. The van der Waals surface area contributed by atoms with Crippen molar-refractivity contribution in [3.63, 3.8) is 0 Å². The van der Waals surface area contributed by atoms with Gasteiger partial charge in [-0.3, -0.25) is 10.1 Å². The third-order valence-electron chi connectivity index (χ3n) is 2.14. The van der Waals surface area contributed by atoms with E-state index in [0.29, 0.717) is 6.54 Å². The first-order chi connectivity index (χ1) is 7.02. The smallest absolute Gasteiger partial charge is 0.320 e. The number of carboxylic acid groups (broad SMARTS) is 1. The van der Waals surface area contributed by atoms with Gasteiger partial charge in [-0.2, -0.15) is 0 Å². The first-order valence-corrected chi connectivity index (χ1v) is 5.96. The number of halogens is 1. The molecule has 1 atom stereocenters. The highest BCUT2D eigenvalue weighted by molar-refractivity contribution is 7.14. The average molecular weight is 248 g/mol. The van der Waals surface area contributed by atoms with Crippen LogP contribution in [0.1, 0.15) is 19.4 Å². The standard InChI is InChI=1S/C10H14ClNO2S/c1-6(2)8(10(13)14)12-5-7-3-4-15-9(7)11/h3-4,6,8,12H,5H2,1-2H3,(H,13,14)/t8-/m0/s1. The summed E-state index contributed by atoms with van der Waals surface area (Å²) in [5, 5.41) is 13.8. The van der Waals surface area contributed by atoms with Crippen molar-refractivity contribution in [2.45, 2.75) is 26.4 Å². The molecule has 1 heterocycles. The van der Waals surface area contributed by atoms with Crippen molar-refractivity contribution >= 4 is 28.9 Å². The molecule has 0 amide bonds. The van der Waals surface area contributed by atoms with Gasteiger partial charge in [-0.15, -0.1) is 11.3 Å². The van der Waals surface area contributed by atoms with Gasteiger partial charge in [0.25, 0.3) is 0 Å². The van der Waals surface area contributed by atoms with Crippen molar-refractivity contribution in [2.24, 2.45) is 5.92 Å². The van der Waals surface area contributed by atoms with Gasteiger partial charge in [-0.25, -0.2) is 0 Å². The van der Waals surface area contributed by atoms with E-state index in [0.717, 1.165) is 9.90 Å². The van der Waals surface area contributed by atoms with Gasteiger partial charge >= 0.3 is 5.97 Å². The molecule has 0 aliphatic rings. The molecule has 0 fully saturated rings. The number of thiophene rings is 1. The van der Waals surface area contributed by atoms with Gasteiger partial charge in [-0.05, 0) is 22.9 Å². The van der Waals surface area contributed by atoms with Gasteiger partial charge in [0.05, 0.1) is 4.34 Å².